The van der Waals surface area contributed by atoms with Crippen molar-refractivity contribution in [1.82, 2.24) is 4.31 Å². The van der Waals surface area contributed by atoms with E-state index in [2.05, 4.69) is 0 Å². The number of para-hydroxylation sites is 1. The Balaban J connectivity index is 2.45. The van der Waals surface area contributed by atoms with E-state index in [0.717, 1.165) is 25.3 Å². The minimum atomic E-state index is -3.68. The van der Waals surface area contributed by atoms with Gasteiger partial charge in [0.25, 0.3) is 0 Å². The molecule has 4 nitrogen and oxygen atoms in total. The maximum atomic E-state index is 13.4. The highest BCUT2D eigenvalue weighted by molar-refractivity contribution is 7.89. The van der Waals surface area contributed by atoms with Crippen molar-refractivity contribution in [3.63, 3.8) is 0 Å². The lowest BCUT2D eigenvalue weighted by atomic mass is 10.2. The lowest BCUT2D eigenvalue weighted by Crippen LogP contribution is -2.35. The molecule has 18 heavy (non-hydrogen) atoms. The number of benzene rings is 1. The van der Waals surface area contributed by atoms with Gasteiger partial charge in [-0.2, -0.15) is 4.31 Å². The first kappa shape index (κ1) is 13.3. The largest absolute Gasteiger partial charge is 0.395 e. The van der Waals surface area contributed by atoms with Gasteiger partial charge in [0.05, 0.1) is 5.69 Å². The molecule has 2 rings (SSSR count). The number of anilines is 1. The van der Waals surface area contributed by atoms with Crippen LogP contribution in [0.1, 0.15) is 26.2 Å². The summed E-state index contributed by atoms with van der Waals surface area (Å²) in [4.78, 5) is -0.122. The third-order valence-corrected chi connectivity index (χ3v) is 5.40. The van der Waals surface area contributed by atoms with Crippen LogP contribution in [0.25, 0.3) is 0 Å². The summed E-state index contributed by atoms with van der Waals surface area (Å²) in [7, 11) is -3.68. The Morgan fingerprint density at radius 3 is 2.89 bits per heavy atom. The summed E-state index contributed by atoms with van der Waals surface area (Å²) < 4.78 is 39.7. The number of hydrogen-bond acceptors (Lipinski definition) is 3. The average molecular weight is 272 g/mol. The molecule has 6 heteroatoms. The molecular weight excluding hydrogens is 255 g/mol. The van der Waals surface area contributed by atoms with Crippen LogP contribution >= 0.6 is 0 Å². The van der Waals surface area contributed by atoms with E-state index in [-0.39, 0.29) is 16.6 Å². The number of hydrogen-bond donors (Lipinski definition) is 1. The second-order valence-electron chi connectivity index (χ2n) is 4.47. The summed E-state index contributed by atoms with van der Waals surface area (Å²) in [5.41, 5.74) is 5.25. The molecule has 1 fully saturated rings. The van der Waals surface area contributed by atoms with Crippen LogP contribution in [0.15, 0.2) is 23.1 Å². The first-order valence-corrected chi connectivity index (χ1v) is 7.48. The average Bonchev–Trinajstić information content (AvgIpc) is 2.81. The van der Waals surface area contributed by atoms with Crippen molar-refractivity contribution in [3.05, 3.63) is 24.0 Å². The maximum absolute atomic E-state index is 13.4. The van der Waals surface area contributed by atoms with Crippen molar-refractivity contribution >= 4 is 15.7 Å². The Hall–Kier alpha value is -1.14. The molecule has 1 aliphatic rings. The van der Waals surface area contributed by atoms with Gasteiger partial charge in [-0.25, -0.2) is 12.8 Å². The minimum Gasteiger partial charge on any atom is -0.395 e. The molecular formula is C12H17FN2O2S. The minimum absolute atomic E-state index is 0.00216. The van der Waals surface area contributed by atoms with Crippen LogP contribution in [-0.2, 0) is 10.0 Å². The number of rotatable bonds is 3. The second kappa shape index (κ2) is 4.85. The van der Waals surface area contributed by atoms with Gasteiger partial charge in [-0.15, -0.1) is 0 Å². The fourth-order valence-electron chi connectivity index (χ4n) is 2.40. The molecule has 0 bridgehead atoms. The monoisotopic (exact) mass is 272 g/mol. The zero-order valence-corrected chi connectivity index (χ0v) is 11.1. The van der Waals surface area contributed by atoms with Crippen LogP contribution in [0.5, 0.6) is 0 Å². The van der Waals surface area contributed by atoms with Gasteiger partial charge in [-0.1, -0.05) is 13.0 Å². The fraction of sp³-hybridized carbons (Fsp3) is 0.500. The second-order valence-corrected chi connectivity index (χ2v) is 6.33. The molecule has 1 unspecified atom stereocenters. The lowest BCUT2D eigenvalue weighted by molar-refractivity contribution is 0.379. The zero-order valence-electron chi connectivity index (χ0n) is 10.3. The predicted octanol–water partition coefficient (Wildman–Crippen LogP) is 1.97. The highest BCUT2D eigenvalue weighted by Gasteiger charge is 2.35. The molecule has 100 valence electrons. The first-order chi connectivity index (χ1) is 8.48. The highest BCUT2D eigenvalue weighted by atomic mass is 32.2. The standard InChI is InChI=1S/C12H17FN2O2S/c1-2-9-5-4-8-15(9)18(16,17)11-7-3-6-10(13)12(11)14/h3,6-7,9H,2,4-5,8,14H2,1H3. The van der Waals surface area contributed by atoms with Crippen LogP contribution in [0.4, 0.5) is 10.1 Å². The number of sulfonamides is 1. The van der Waals surface area contributed by atoms with Gasteiger partial charge in [-0.3, -0.25) is 0 Å². The van der Waals surface area contributed by atoms with Crippen LogP contribution in [-0.4, -0.2) is 25.3 Å². The van der Waals surface area contributed by atoms with Crippen molar-refractivity contribution in [2.24, 2.45) is 0 Å². The number of halogens is 1. The van der Waals surface area contributed by atoms with Crippen molar-refractivity contribution in [2.75, 3.05) is 12.3 Å². The van der Waals surface area contributed by atoms with E-state index in [0.29, 0.717) is 6.54 Å². The van der Waals surface area contributed by atoms with E-state index in [1.54, 1.807) is 0 Å². The van der Waals surface area contributed by atoms with Gasteiger partial charge in [0.15, 0.2) is 0 Å². The van der Waals surface area contributed by atoms with E-state index in [4.69, 9.17) is 5.73 Å². The molecule has 2 N–H and O–H groups in total. The normalized spacial score (nSPS) is 21.3. The molecule has 0 aromatic heterocycles. The number of nitrogens with two attached hydrogens (primary N) is 1. The smallest absolute Gasteiger partial charge is 0.245 e. The Morgan fingerprint density at radius 2 is 2.22 bits per heavy atom. The summed E-state index contributed by atoms with van der Waals surface area (Å²) in [6, 6.07) is 3.89. The third kappa shape index (κ3) is 2.10. The molecule has 1 aromatic carbocycles. The van der Waals surface area contributed by atoms with Crippen molar-refractivity contribution in [2.45, 2.75) is 37.1 Å². The molecule has 1 aromatic rings. The van der Waals surface area contributed by atoms with Gasteiger partial charge in [-0.05, 0) is 31.4 Å². The molecule has 0 aliphatic carbocycles. The number of nitrogens with zero attached hydrogens (tertiary/aromatic N) is 1. The molecule has 0 spiro atoms. The van der Waals surface area contributed by atoms with Gasteiger partial charge < -0.3 is 5.73 Å². The van der Waals surface area contributed by atoms with E-state index < -0.39 is 15.8 Å². The van der Waals surface area contributed by atoms with Gasteiger partial charge in [0.1, 0.15) is 10.7 Å². The quantitative estimate of drug-likeness (QED) is 0.856. The molecule has 1 aliphatic heterocycles. The Labute approximate surface area is 107 Å². The van der Waals surface area contributed by atoms with Crippen LogP contribution in [0, 0.1) is 5.82 Å². The molecule has 1 heterocycles. The maximum Gasteiger partial charge on any atom is 0.245 e. The molecule has 1 saturated heterocycles. The summed E-state index contributed by atoms with van der Waals surface area (Å²) in [6.45, 7) is 2.43. The van der Waals surface area contributed by atoms with Gasteiger partial charge in [0, 0.05) is 12.6 Å². The molecule has 0 amide bonds. The third-order valence-electron chi connectivity index (χ3n) is 3.39. The Bertz CT molecular complexity index is 545. The van der Waals surface area contributed by atoms with Crippen molar-refractivity contribution in [1.29, 1.82) is 0 Å². The summed E-state index contributed by atoms with van der Waals surface area (Å²) in [5, 5.41) is 0. The Morgan fingerprint density at radius 1 is 1.50 bits per heavy atom. The zero-order chi connectivity index (χ0) is 13.3. The van der Waals surface area contributed by atoms with Crippen LogP contribution in [0.2, 0.25) is 0 Å². The van der Waals surface area contributed by atoms with E-state index in [9.17, 15) is 12.8 Å². The molecule has 1 atom stereocenters. The number of nitrogen functional groups attached to an aromatic ring is 1. The fourth-order valence-corrected chi connectivity index (χ4v) is 4.30. The van der Waals surface area contributed by atoms with Gasteiger partial charge >= 0.3 is 0 Å². The van der Waals surface area contributed by atoms with Crippen LogP contribution < -0.4 is 5.73 Å². The molecule has 0 radical (unpaired) electrons. The van der Waals surface area contributed by atoms with Crippen molar-refractivity contribution < 1.29 is 12.8 Å². The molecule has 0 saturated carbocycles. The summed E-state index contributed by atoms with van der Waals surface area (Å²) in [6.07, 6.45) is 2.45. The van der Waals surface area contributed by atoms with Crippen LogP contribution in [0.3, 0.4) is 0 Å². The lowest BCUT2D eigenvalue weighted by Gasteiger charge is -2.23. The van der Waals surface area contributed by atoms with E-state index in [1.807, 2.05) is 6.92 Å². The summed E-state index contributed by atoms with van der Waals surface area (Å²) in [5.74, 6) is -0.691. The highest BCUT2D eigenvalue weighted by Crippen LogP contribution is 2.31. The predicted molar refractivity (Wildman–Crippen MR) is 68.0 cm³/mol. The first-order valence-electron chi connectivity index (χ1n) is 6.04. The van der Waals surface area contributed by atoms with Gasteiger partial charge in [0.2, 0.25) is 10.0 Å². The summed E-state index contributed by atoms with van der Waals surface area (Å²) >= 11 is 0. The van der Waals surface area contributed by atoms with E-state index >= 15 is 0 Å². The van der Waals surface area contributed by atoms with E-state index in [1.165, 1.54) is 16.4 Å². The Kier molecular flexibility index (Phi) is 3.59. The SMILES string of the molecule is CCC1CCCN1S(=O)(=O)c1cccc(F)c1N. The topological polar surface area (TPSA) is 63.4 Å². The van der Waals surface area contributed by atoms with Crippen molar-refractivity contribution in [3.8, 4) is 0 Å².